The summed E-state index contributed by atoms with van der Waals surface area (Å²) in [6, 6.07) is 13.1. The molecule has 0 aliphatic carbocycles. The van der Waals surface area contributed by atoms with E-state index in [0.29, 0.717) is 35.1 Å². The quantitative estimate of drug-likeness (QED) is 0.161. The van der Waals surface area contributed by atoms with E-state index in [-0.39, 0.29) is 24.7 Å². The summed E-state index contributed by atoms with van der Waals surface area (Å²) in [5.41, 5.74) is 2.99. The number of rotatable bonds is 16. The van der Waals surface area contributed by atoms with Crippen LogP contribution in [0.2, 0.25) is 0 Å². The maximum Gasteiger partial charge on any atom is 0.303 e. The van der Waals surface area contributed by atoms with E-state index in [9.17, 15) is 14.4 Å². The number of ketones is 1. The molecule has 3 rings (SSSR count). The predicted octanol–water partition coefficient (Wildman–Crippen LogP) is 6.60. The zero-order valence-electron chi connectivity index (χ0n) is 24.6. The Balaban J connectivity index is 1.85. The van der Waals surface area contributed by atoms with E-state index < -0.39 is 5.97 Å². The largest absolute Gasteiger partial charge is 0.497 e. The first-order valence-corrected chi connectivity index (χ1v) is 14.4. The van der Waals surface area contributed by atoms with Gasteiger partial charge < -0.3 is 19.3 Å². The van der Waals surface area contributed by atoms with Crippen molar-refractivity contribution in [3.8, 4) is 5.75 Å². The Morgan fingerprint density at radius 2 is 1.57 bits per heavy atom. The molecule has 1 aromatic heterocycles. The van der Waals surface area contributed by atoms with Gasteiger partial charge in [-0.25, -0.2) is 0 Å². The van der Waals surface area contributed by atoms with Crippen LogP contribution in [0.3, 0.4) is 0 Å². The second kappa shape index (κ2) is 14.7. The van der Waals surface area contributed by atoms with Crippen LogP contribution >= 0.6 is 0 Å². The van der Waals surface area contributed by atoms with Crippen molar-refractivity contribution in [2.45, 2.75) is 72.8 Å². The molecular formula is C33H44N2O5. The fourth-order valence-corrected chi connectivity index (χ4v) is 4.73. The lowest BCUT2D eigenvalue weighted by molar-refractivity contribution is -0.137. The van der Waals surface area contributed by atoms with Crippen molar-refractivity contribution in [3.63, 3.8) is 0 Å². The molecule has 40 heavy (non-hydrogen) atoms. The lowest BCUT2D eigenvalue weighted by Crippen LogP contribution is -2.36. The number of ether oxygens (including phenoxy) is 1. The first kappa shape index (κ1) is 30.9. The predicted molar refractivity (Wildman–Crippen MR) is 159 cm³/mol. The van der Waals surface area contributed by atoms with Gasteiger partial charge >= 0.3 is 5.97 Å². The van der Waals surface area contributed by atoms with Gasteiger partial charge in [-0.2, -0.15) is 0 Å². The minimum absolute atomic E-state index is 0.0484. The fraction of sp³-hybridized carbons (Fsp3) is 0.485. The molecule has 1 amide bonds. The lowest BCUT2D eigenvalue weighted by Gasteiger charge is -2.25. The van der Waals surface area contributed by atoms with Crippen molar-refractivity contribution >= 4 is 28.6 Å². The molecule has 7 heteroatoms. The summed E-state index contributed by atoms with van der Waals surface area (Å²) < 4.78 is 7.33. The van der Waals surface area contributed by atoms with Gasteiger partial charge in [0.05, 0.1) is 12.6 Å². The van der Waals surface area contributed by atoms with Crippen LogP contribution in [0.5, 0.6) is 5.75 Å². The molecule has 0 fully saturated rings. The highest BCUT2D eigenvalue weighted by molar-refractivity contribution is 6.16. The molecule has 1 heterocycles. The Labute approximate surface area is 238 Å². The van der Waals surface area contributed by atoms with Gasteiger partial charge in [0.2, 0.25) is 5.91 Å². The van der Waals surface area contributed by atoms with Gasteiger partial charge in [0.15, 0.2) is 5.78 Å². The number of carbonyl (C=O) groups is 3. The highest BCUT2D eigenvalue weighted by Crippen LogP contribution is 2.28. The Hall–Kier alpha value is -3.61. The number of aliphatic carboxylic acids is 1. The van der Waals surface area contributed by atoms with E-state index in [1.54, 1.807) is 13.3 Å². The standard InChI is InChI=1S/C33H44N2O5/c1-23(2)16-18-34(19-17-24(3)4)31(36)22-35-21-29(28-15-14-27(40-5)20-30(28)35)33(39)26-12-10-25(11-13-26)8-6-7-9-32(37)38/h10-15,20-21,23-24H,6-9,16-19,22H2,1-5H3,(H,37,38). The number of carboxylic acids is 1. The minimum Gasteiger partial charge on any atom is -0.497 e. The van der Waals surface area contributed by atoms with E-state index in [4.69, 9.17) is 9.84 Å². The van der Waals surface area contributed by atoms with Crippen LogP contribution in [0.25, 0.3) is 10.9 Å². The summed E-state index contributed by atoms with van der Waals surface area (Å²) in [5.74, 6) is 0.848. The van der Waals surface area contributed by atoms with Gasteiger partial charge in [-0.05, 0) is 61.6 Å². The van der Waals surface area contributed by atoms with E-state index >= 15 is 0 Å². The van der Waals surface area contributed by atoms with Crippen LogP contribution in [-0.4, -0.2) is 52.4 Å². The molecule has 2 aromatic carbocycles. The number of aryl methyl sites for hydroxylation is 1. The number of amides is 1. The summed E-state index contributed by atoms with van der Waals surface area (Å²) in [6.45, 7) is 10.3. The van der Waals surface area contributed by atoms with Crippen LogP contribution in [0.4, 0.5) is 0 Å². The number of carboxylic acid groups (broad SMARTS) is 1. The second-order valence-electron chi connectivity index (χ2n) is 11.4. The van der Waals surface area contributed by atoms with Gasteiger partial charge in [0.25, 0.3) is 0 Å². The van der Waals surface area contributed by atoms with Crippen LogP contribution in [0.15, 0.2) is 48.7 Å². The molecule has 216 valence electrons. The van der Waals surface area contributed by atoms with Crippen molar-refractivity contribution < 1.29 is 24.2 Å². The van der Waals surface area contributed by atoms with Crippen molar-refractivity contribution in [2.75, 3.05) is 20.2 Å². The number of aromatic nitrogens is 1. The maximum atomic E-state index is 13.6. The van der Waals surface area contributed by atoms with Crippen molar-refractivity contribution in [3.05, 3.63) is 65.4 Å². The Morgan fingerprint density at radius 3 is 2.15 bits per heavy atom. The highest BCUT2D eigenvalue weighted by atomic mass is 16.5. The molecule has 0 unspecified atom stereocenters. The molecular weight excluding hydrogens is 504 g/mol. The molecule has 0 atom stereocenters. The molecule has 3 aromatic rings. The van der Waals surface area contributed by atoms with Crippen LogP contribution in [-0.2, 0) is 22.6 Å². The SMILES string of the molecule is COc1ccc2c(C(=O)c3ccc(CCCCC(=O)O)cc3)cn(CC(=O)N(CCC(C)C)CCC(C)C)c2c1. The summed E-state index contributed by atoms with van der Waals surface area (Å²) in [7, 11) is 1.61. The number of hydrogen-bond donors (Lipinski definition) is 1. The number of methoxy groups -OCH3 is 1. The number of carbonyl (C=O) groups excluding carboxylic acids is 2. The molecule has 0 radical (unpaired) electrons. The van der Waals surface area contributed by atoms with Crippen molar-refractivity contribution in [2.24, 2.45) is 11.8 Å². The van der Waals surface area contributed by atoms with Gasteiger partial charge in [-0.15, -0.1) is 0 Å². The topological polar surface area (TPSA) is 88.8 Å². The van der Waals surface area contributed by atoms with Crippen LogP contribution in [0, 0.1) is 11.8 Å². The molecule has 0 saturated carbocycles. The smallest absolute Gasteiger partial charge is 0.303 e. The normalized spacial score (nSPS) is 11.4. The number of unbranched alkanes of at least 4 members (excludes halogenated alkanes) is 1. The van der Waals surface area contributed by atoms with E-state index in [1.165, 1.54) is 0 Å². The maximum absolute atomic E-state index is 13.6. The van der Waals surface area contributed by atoms with Crippen LogP contribution in [0.1, 0.15) is 81.3 Å². The monoisotopic (exact) mass is 548 g/mol. The summed E-state index contributed by atoms with van der Waals surface area (Å²) in [4.78, 5) is 39.9. The number of nitrogens with zero attached hydrogens (tertiary/aromatic N) is 2. The highest BCUT2D eigenvalue weighted by Gasteiger charge is 2.21. The summed E-state index contributed by atoms with van der Waals surface area (Å²) >= 11 is 0. The first-order valence-electron chi connectivity index (χ1n) is 14.4. The van der Waals surface area contributed by atoms with Gasteiger partial charge in [0, 0.05) is 48.3 Å². The second-order valence-corrected chi connectivity index (χ2v) is 11.4. The third-order valence-corrected chi connectivity index (χ3v) is 7.27. The molecule has 0 bridgehead atoms. The zero-order valence-corrected chi connectivity index (χ0v) is 24.6. The molecule has 1 N–H and O–H groups in total. The van der Waals surface area contributed by atoms with E-state index in [2.05, 4.69) is 27.7 Å². The van der Waals surface area contributed by atoms with Crippen molar-refractivity contribution in [1.82, 2.24) is 9.47 Å². The number of fused-ring (bicyclic) bond motifs is 1. The minimum atomic E-state index is -0.779. The molecule has 0 aliphatic heterocycles. The fourth-order valence-electron chi connectivity index (χ4n) is 4.73. The van der Waals surface area contributed by atoms with Crippen LogP contribution < -0.4 is 4.74 Å². The van der Waals surface area contributed by atoms with Gasteiger partial charge in [-0.3, -0.25) is 14.4 Å². The third kappa shape index (κ3) is 8.70. The average molecular weight is 549 g/mol. The first-order chi connectivity index (χ1) is 19.1. The van der Waals surface area contributed by atoms with Crippen molar-refractivity contribution in [1.29, 1.82) is 0 Å². The number of benzene rings is 2. The zero-order chi connectivity index (χ0) is 29.2. The summed E-state index contributed by atoms with van der Waals surface area (Å²) in [6.07, 6.45) is 6.05. The Morgan fingerprint density at radius 1 is 0.925 bits per heavy atom. The third-order valence-electron chi connectivity index (χ3n) is 7.27. The molecule has 0 saturated heterocycles. The van der Waals surface area contributed by atoms with Gasteiger partial charge in [0.1, 0.15) is 12.3 Å². The Bertz CT molecular complexity index is 1280. The van der Waals surface area contributed by atoms with Gasteiger partial charge in [-0.1, -0.05) is 52.0 Å². The molecule has 0 aliphatic rings. The average Bonchev–Trinajstić information content (AvgIpc) is 3.27. The number of hydrogen-bond acceptors (Lipinski definition) is 4. The molecule has 0 spiro atoms. The lowest BCUT2D eigenvalue weighted by atomic mass is 9.99. The Kier molecular flexibility index (Phi) is 11.4. The summed E-state index contributed by atoms with van der Waals surface area (Å²) in [5, 5.41) is 9.60. The molecule has 7 nitrogen and oxygen atoms in total. The van der Waals surface area contributed by atoms with E-state index in [1.807, 2.05) is 51.9 Å². The van der Waals surface area contributed by atoms with E-state index in [0.717, 1.165) is 55.2 Å².